The minimum Gasteiger partial charge on any atom is -0.342 e. The number of rotatable bonds is 4. The third-order valence-electron chi connectivity index (χ3n) is 4.83. The van der Waals surface area contributed by atoms with Crippen molar-refractivity contribution in [2.45, 2.75) is 51.1 Å². The summed E-state index contributed by atoms with van der Waals surface area (Å²) in [5.74, 6) is 0.876. The molecule has 104 valence electrons. The molecule has 2 atom stereocenters. The van der Waals surface area contributed by atoms with Crippen LogP contribution >= 0.6 is 0 Å². The quantitative estimate of drug-likeness (QED) is 0.780. The van der Waals surface area contributed by atoms with Gasteiger partial charge in [-0.05, 0) is 51.4 Å². The van der Waals surface area contributed by atoms with Crippen LogP contribution in [0.15, 0.2) is 12.2 Å². The molecule has 1 aliphatic heterocycles. The summed E-state index contributed by atoms with van der Waals surface area (Å²) >= 11 is 0. The lowest BCUT2D eigenvalue weighted by atomic mass is 9.87. The van der Waals surface area contributed by atoms with Crippen molar-refractivity contribution < 1.29 is 9.59 Å². The first-order valence-corrected chi connectivity index (χ1v) is 7.32. The maximum Gasteiger partial charge on any atom is 0.246 e. The first-order chi connectivity index (χ1) is 9.09. The Morgan fingerprint density at radius 2 is 2.00 bits per heavy atom. The van der Waals surface area contributed by atoms with Crippen LogP contribution in [0.3, 0.4) is 0 Å². The molecule has 4 nitrogen and oxygen atoms in total. The summed E-state index contributed by atoms with van der Waals surface area (Å²) in [6, 6.07) is -0.274. The smallest absolute Gasteiger partial charge is 0.246 e. The molecule has 3 fully saturated rings. The zero-order valence-corrected chi connectivity index (χ0v) is 11.7. The Hall–Kier alpha value is -1.32. The van der Waals surface area contributed by atoms with Crippen molar-refractivity contribution in [2.75, 3.05) is 6.54 Å². The van der Waals surface area contributed by atoms with E-state index in [2.05, 4.69) is 5.32 Å². The molecule has 0 spiro atoms. The van der Waals surface area contributed by atoms with Gasteiger partial charge in [-0.15, -0.1) is 0 Å². The summed E-state index contributed by atoms with van der Waals surface area (Å²) in [5, 5.41) is 2.99. The van der Waals surface area contributed by atoms with Gasteiger partial charge in [0, 0.05) is 6.54 Å². The van der Waals surface area contributed by atoms with Crippen molar-refractivity contribution in [3.8, 4) is 0 Å². The molecular weight excluding hydrogens is 240 g/mol. The molecule has 3 rings (SSSR count). The van der Waals surface area contributed by atoms with Crippen LogP contribution in [0.2, 0.25) is 0 Å². The predicted octanol–water partition coefficient (Wildman–Crippen LogP) is 1.47. The van der Waals surface area contributed by atoms with E-state index in [9.17, 15) is 9.59 Å². The summed E-state index contributed by atoms with van der Waals surface area (Å²) in [7, 11) is 0. The average molecular weight is 262 g/mol. The predicted molar refractivity (Wildman–Crippen MR) is 72.3 cm³/mol. The molecule has 0 bridgehead atoms. The van der Waals surface area contributed by atoms with Gasteiger partial charge in [-0.3, -0.25) is 9.59 Å². The third-order valence-corrected chi connectivity index (χ3v) is 4.83. The van der Waals surface area contributed by atoms with Crippen molar-refractivity contribution in [3.63, 3.8) is 0 Å². The normalized spacial score (nSPS) is 35.9. The maximum absolute atomic E-state index is 12.7. The van der Waals surface area contributed by atoms with Crippen LogP contribution in [0.1, 0.15) is 39.5 Å². The maximum atomic E-state index is 12.7. The van der Waals surface area contributed by atoms with Gasteiger partial charge in [-0.25, -0.2) is 0 Å². The molecule has 4 heteroatoms. The fraction of sp³-hybridized carbons (Fsp3) is 0.733. The van der Waals surface area contributed by atoms with Crippen LogP contribution in [0, 0.1) is 11.8 Å². The summed E-state index contributed by atoms with van der Waals surface area (Å²) < 4.78 is 0. The van der Waals surface area contributed by atoms with Crippen LogP contribution in [0.5, 0.6) is 0 Å². The van der Waals surface area contributed by atoms with E-state index in [1.807, 2.05) is 30.9 Å². The largest absolute Gasteiger partial charge is 0.342 e. The van der Waals surface area contributed by atoms with Gasteiger partial charge in [-0.1, -0.05) is 12.2 Å². The van der Waals surface area contributed by atoms with Crippen molar-refractivity contribution >= 4 is 11.8 Å². The van der Waals surface area contributed by atoms with Crippen molar-refractivity contribution in [1.29, 1.82) is 0 Å². The molecule has 2 amide bonds. The van der Waals surface area contributed by atoms with Crippen LogP contribution in [-0.2, 0) is 9.59 Å². The van der Waals surface area contributed by atoms with E-state index in [1.165, 1.54) is 0 Å². The highest BCUT2D eigenvalue weighted by Crippen LogP contribution is 2.46. The Balaban J connectivity index is 1.89. The second-order valence-electron chi connectivity index (χ2n) is 6.23. The molecule has 0 aromatic carbocycles. The van der Waals surface area contributed by atoms with E-state index in [-0.39, 0.29) is 17.9 Å². The molecule has 2 saturated carbocycles. The fourth-order valence-electron chi connectivity index (χ4n) is 3.16. The van der Waals surface area contributed by atoms with E-state index in [1.54, 1.807) is 0 Å². The van der Waals surface area contributed by atoms with Gasteiger partial charge < -0.3 is 10.2 Å². The van der Waals surface area contributed by atoms with E-state index >= 15 is 0 Å². The lowest BCUT2D eigenvalue weighted by Gasteiger charge is -2.46. The highest BCUT2D eigenvalue weighted by molar-refractivity contribution is 6.00. The zero-order chi connectivity index (χ0) is 13.6. The van der Waals surface area contributed by atoms with Gasteiger partial charge in [0.15, 0.2) is 0 Å². The van der Waals surface area contributed by atoms with Crippen LogP contribution in [-0.4, -0.2) is 34.8 Å². The van der Waals surface area contributed by atoms with E-state index in [4.69, 9.17) is 0 Å². The number of allylic oxidation sites excluding steroid dienone is 1. The van der Waals surface area contributed by atoms with E-state index in [0.717, 1.165) is 25.7 Å². The van der Waals surface area contributed by atoms with Crippen molar-refractivity contribution in [3.05, 3.63) is 12.2 Å². The molecule has 2 unspecified atom stereocenters. The minimum atomic E-state index is -0.637. The molecule has 1 saturated heterocycles. The molecule has 19 heavy (non-hydrogen) atoms. The van der Waals surface area contributed by atoms with Crippen LogP contribution in [0.25, 0.3) is 0 Å². The van der Waals surface area contributed by atoms with Crippen molar-refractivity contribution in [2.24, 2.45) is 11.8 Å². The highest BCUT2D eigenvalue weighted by Gasteiger charge is 2.58. The first kappa shape index (κ1) is 12.7. The molecular formula is C15H22N2O2. The van der Waals surface area contributed by atoms with Gasteiger partial charge in [0.1, 0.15) is 11.6 Å². The number of carbonyl (C=O) groups excluding carboxylic acids is 2. The number of hydrogen-bond donors (Lipinski definition) is 1. The lowest BCUT2D eigenvalue weighted by Crippen LogP contribution is -2.70. The molecule has 2 aliphatic carbocycles. The Kier molecular flexibility index (Phi) is 2.91. The number of nitrogens with one attached hydrogen (secondary N) is 1. The van der Waals surface area contributed by atoms with Crippen LogP contribution in [0.4, 0.5) is 0 Å². The summed E-state index contributed by atoms with van der Waals surface area (Å²) in [6.45, 7) is 4.44. The average Bonchev–Trinajstić information content (AvgIpc) is 3.26. The highest BCUT2D eigenvalue weighted by atomic mass is 16.2. The van der Waals surface area contributed by atoms with Crippen LogP contribution < -0.4 is 5.32 Å². The second kappa shape index (κ2) is 4.36. The Morgan fingerprint density at radius 3 is 2.53 bits per heavy atom. The summed E-state index contributed by atoms with van der Waals surface area (Å²) in [5.41, 5.74) is -0.637. The van der Waals surface area contributed by atoms with Gasteiger partial charge in [-0.2, -0.15) is 0 Å². The summed E-state index contributed by atoms with van der Waals surface area (Å²) in [6.07, 6.45) is 8.15. The minimum absolute atomic E-state index is 0.0519. The molecule has 0 aromatic heterocycles. The third kappa shape index (κ3) is 1.97. The lowest BCUT2D eigenvalue weighted by molar-refractivity contribution is -0.157. The topological polar surface area (TPSA) is 49.4 Å². The molecule has 1 heterocycles. The second-order valence-corrected chi connectivity index (χ2v) is 6.23. The molecule has 0 aromatic rings. The van der Waals surface area contributed by atoms with Gasteiger partial charge in [0.25, 0.3) is 0 Å². The van der Waals surface area contributed by atoms with Gasteiger partial charge in [0.2, 0.25) is 11.8 Å². The number of amides is 2. The van der Waals surface area contributed by atoms with Crippen molar-refractivity contribution in [1.82, 2.24) is 10.2 Å². The molecule has 1 N–H and O–H groups in total. The van der Waals surface area contributed by atoms with Gasteiger partial charge in [0.05, 0.1) is 0 Å². The Morgan fingerprint density at radius 1 is 1.32 bits per heavy atom. The fourth-order valence-corrected chi connectivity index (χ4v) is 3.16. The zero-order valence-electron chi connectivity index (χ0n) is 11.7. The monoisotopic (exact) mass is 262 g/mol. The SMILES string of the molecule is C/C=C/CN1C(=O)C(C2CC2)NC(=O)C1(C)C1CC1. The number of hydrogen-bond acceptors (Lipinski definition) is 2. The standard InChI is InChI=1S/C15H22N2O2/c1-3-4-9-17-13(18)12(10-5-6-10)16-14(19)15(17,2)11-7-8-11/h3-4,10-12H,5-9H2,1-2H3,(H,16,19)/b4-3+. The summed E-state index contributed by atoms with van der Waals surface area (Å²) in [4.78, 5) is 27.0. The Labute approximate surface area is 114 Å². The number of nitrogens with zero attached hydrogens (tertiary/aromatic N) is 1. The molecule has 0 radical (unpaired) electrons. The molecule has 3 aliphatic rings. The number of piperazine rings is 1. The first-order valence-electron chi connectivity index (χ1n) is 7.32. The Bertz CT molecular complexity index is 437. The van der Waals surface area contributed by atoms with E-state index in [0.29, 0.717) is 18.4 Å². The van der Waals surface area contributed by atoms with E-state index < -0.39 is 5.54 Å². The number of carbonyl (C=O) groups is 2. The van der Waals surface area contributed by atoms with Gasteiger partial charge >= 0.3 is 0 Å².